The standard InChI is InChI=1S/C13H17F3O7/c1-12(2)22-9-6(21-11(19-3)10(9)23-12)5-20-8(18)4-7(17)13(14,15)16/h6,9-11H,4-5H2,1-3H3/t6-,9-,10-,11+/m1/s1. The van der Waals surface area contributed by atoms with Crippen LogP contribution in [0.2, 0.25) is 0 Å². The number of fused-ring (bicyclic) bond motifs is 1. The molecular formula is C13H17F3O7. The van der Waals surface area contributed by atoms with Crippen LogP contribution >= 0.6 is 0 Å². The molecule has 0 spiro atoms. The van der Waals surface area contributed by atoms with E-state index in [1.807, 2.05) is 0 Å². The molecule has 0 saturated carbocycles. The lowest BCUT2D eigenvalue weighted by Crippen LogP contribution is -2.34. The van der Waals surface area contributed by atoms with Crippen molar-refractivity contribution in [3.63, 3.8) is 0 Å². The summed E-state index contributed by atoms with van der Waals surface area (Å²) in [5.41, 5.74) is 0. The molecule has 10 heteroatoms. The molecule has 23 heavy (non-hydrogen) atoms. The highest BCUT2D eigenvalue weighted by Crippen LogP contribution is 2.38. The lowest BCUT2D eigenvalue weighted by molar-refractivity contribution is -0.231. The Morgan fingerprint density at radius 2 is 1.78 bits per heavy atom. The first-order chi connectivity index (χ1) is 10.5. The third-order valence-corrected chi connectivity index (χ3v) is 3.37. The SMILES string of the molecule is CO[C@H]1O[C@H](COC(=O)CC(=O)C(F)(F)F)[C@H]2OC(C)(C)O[C@@H]12. The van der Waals surface area contributed by atoms with E-state index in [0.29, 0.717) is 0 Å². The van der Waals surface area contributed by atoms with E-state index in [2.05, 4.69) is 4.74 Å². The highest BCUT2D eigenvalue weighted by atomic mass is 19.4. The fourth-order valence-corrected chi connectivity index (χ4v) is 2.42. The van der Waals surface area contributed by atoms with E-state index in [0.717, 1.165) is 0 Å². The summed E-state index contributed by atoms with van der Waals surface area (Å²) in [5, 5.41) is 0. The van der Waals surface area contributed by atoms with Crippen molar-refractivity contribution < 1.29 is 46.4 Å². The second kappa shape index (κ2) is 6.34. The Morgan fingerprint density at radius 1 is 1.17 bits per heavy atom. The Kier molecular flexibility index (Phi) is 5.00. The maximum absolute atomic E-state index is 12.1. The van der Waals surface area contributed by atoms with Crippen molar-refractivity contribution in [2.45, 2.75) is 56.8 Å². The van der Waals surface area contributed by atoms with Crippen molar-refractivity contribution in [1.29, 1.82) is 0 Å². The van der Waals surface area contributed by atoms with Crippen LogP contribution in [0, 0.1) is 0 Å². The van der Waals surface area contributed by atoms with Gasteiger partial charge in [-0.05, 0) is 13.8 Å². The topological polar surface area (TPSA) is 80.3 Å². The van der Waals surface area contributed by atoms with Gasteiger partial charge in [0, 0.05) is 7.11 Å². The maximum Gasteiger partial charge on any atom is 0.450 e. The third kappa shape index (κ3) is 4.19. The number of halogens is 3. The van der Waals surface area contributed by atoms with Gasteiger partial charge in [0.25, 0.3) is 0 Å². The minimum absolute atomic E-state index is 0.371. The van der Waals surface area contributed by atoms with Crippen molar-refractivity contribution in [2.75, 3.05) is 13.7 Å². The van der Waals surface area contributed by atoms with Gasteiger partial charge in [-0.3, -0.25) is 9.59 Å². The Balaban J connectivity index is 1.88. The van der Waals surface area contributed by atoms with E-state index >= 15 is 0 Å². The Bertz CT molecular complexity index is 477. The maximum atomic E-state index is 12.1. The van der Waals surface area contributed by atoms with Gasteiger partial charge >= 0.3 is 12.1 Å². The number of alkyl halides is 3. The zero-order valence-corrected chi connectivity index (χ0v) is 12.7. The van der Waals surface area contributed by atoms with Crippen LogP contribution in [-0.4, -0.2) is 62.0 Å². The Morgan fingerprint density at radius 3 is 2.35 bits per heavy atom. The molecule has 0 N–H and O–H groups in total. The molecule has 0 radical (unpaired) electrons. The predicted molar refractivity (Wildman–Crippen MR) is 66.1 cm³/mol. The number of esters is 1. The average Bonchev–Trinajstić information content (AvgIpc) is 2.88. The van der Waals surface area contributed by atoms with E-state index in [4.69, 9.17) is 18.9 Å². The van der Waals surface area contributed by atoms with Crippen LogP contribution in [0.15, 0.2) is 0 Å². The summed E-state index contributed by atoms with van der Waals surface area (Å²) in [4.78, 5) is 22.0. The summed E-state index contributed by atoms with van der Waals surface area (Å²) >= 11 is 0. The zero-order valence-electron chi connectivity index (χ0n) is 12.7. The first-order valence-corrected chi connectivity index (χ1v) is 6.83. The number of rotatable bonds is 5. The molecule has 0 aromatic rings. The Labute approximate surface area is 129 Å². The fourth-order valence-electron chi connectivity index (χ4n) is 2.42. The smallest absolute Gasteiger partial charge is 0.450 e. The van der Waals surface area contributed by atoms with Crippen LogP contribution < -0.4 is 0 Å². The van der Waals surface area contributed by atoms with Crippen LogP contribution in [0.3, 0.4) is 0 Å². The van der Waals surface area contributed by atoms with Crippen molar-refractivity contribution in [3.05, 3.63) is 0 Å². The number of ether oxygens (including phenoxy) is 5. The molecule has 0 aromatic carbocycles. The summed E-state index contributed by atoms with van der Waals surface area (Å²) in [6.07, 6.45) is -9.10. The first kappa shape index (κ1) is 18.1. The highest BCUT2D eigenvalue weighted by Gasteiger charge is 2.55. The second-order valence-corrected chi connectivity index (χ2v) is 5.62. The molecule has 4 atom stereocenters. The molecule has 0 bridgehead atoms. The summed E-state index contributed by atoms with van der Waals surface area (Å²) < 4.78 is 62.7. The molecule has 2 saturated heterocycles. The van der Waals surface area contributed by atoms with E-state index in [1.54, 1.807) is 13.8 Å². The van der Waals surface area contributed by atoms with Crippen LogP contribution in [0.5, 0.6) is 0 Å². The number of methoxy groups -OCH3 is 1. The predicted octanol–water partition coefficient (Wildman–Crippen LogP) is 0.942. The van der Waals surface area contributed by atoms with Gasteiger partial charge < -0.3 is 23.7 Å². The van der Waals surface area contributed by atoms with Gasteiger partial charge in [-0.2, -0.15) is 13.2 Å². The lowest BCUT2D eigenvalue weighted by atomic mass is 10.1. The first-order valence-electron chi connectivity index (χ1n) is 6.83. The van der Waals surface area contributed by atoms with Gasteiger partial charge in [-0.15, -0.1) is 0 Å². The van der Waals surface area contributed by atoms with Crippen LogP contribution in [0.25, 0.3) is 0 Å². The molecule has 0 aliphatic carbocycles. The van der Waals surface area contributed by atoms with Gasteiger partial charge in [0.05, 0.1) is 0 Å². The van der Waals surface area contributed by atoms with E-state index in [9.17, 15) is 22.8 Å². The minimum atomic E-state index is -5.07. The van der Waals surface area contributed by atoms with Crippen molar-refractivity contribution in [2.24, 2.45) is 0 Å². The zero-order chi connectivity index (χ0) is 17.4. The minimum Gasteiger partial charge on any atom is -0.462 e. The van der Waals surface area contributed by atoms with Gasteiger partial charge in [-0.1, -0.05) is 0 Å². The number of hydrogen-bond donors (Lipinski definition) is 0. The molecule has 2 aliphatic heterocycles. The normalized spacial score (nSPS) is 32.6. The van der Waals surface area contributed by atoms with E-state index in [1.165, 1.54) is 7.11 Å². The molecule has 2 aliphatic rings. The molecule has 2 heterocycles. The van der Waals surface area contributed by atoms with Gasteiger partial charge in [0.1, 0.15) is 31.3 Å². The highest BCUT2D eigenvalue weighted by molar-refractivity contribution is 5.98. The largest absolute Gasteiger partial charge is 0.462 e. The summed E-state index contributed by atoms with van der Waals surface area (Å²) in [6.45, 7) is 3.00. The Hall–Kier alpha value is -1.23. The number of carbonyl (C=O) groups is 2. The van der Waals surface area contributed by atoms with Crippen molar-refractivity contribution in [3.8, 4) is 0 Å². The van der Waals surface area contributed by atoms with Crippen LogP contribution in [0.4, 0.5) is 13.2 Å². The van der Waals surface area contributed by atoms with E-state index in [-0.39, 0.29) is 6.61 Å². The molecule has 0 unspecified atom stereocenters. The van der Waals surface area contributed by atoms with Gasteiger partial charge in [0.15, 0.2) is 12.1 Å². The summed E-state index contributed by atoms with van der Waals surface area (Å²) in [5.74, 6) is -4.33. The van der Waals surface area contributed by atoms with E-state index < -0.39 is 54.7 Å². The molecule has 7 nitrogen and oxygen atoms in total. The molecule has 2 rings (SSSR count). The fraction of sp³-hybridized carbons (Fsp3) is 0.846. The molecule has 0 aromatic heterocycles. The second-order valence-electron chi connectivity index (χ2n) is 5.62. The average molecular weight is 342 g/mol. The lowest BCUT2D eigenvalue weighted by Gasteiger charge is -2.23. The monoisotopic (exact) mass is 342 g/mol. The van der Waals surface area contributed by atoms with Gasteiger partial charge in [0.2, 0.25) is 5.78 Å². The molecule has 2 fully saturated rings. The van der Waals surface area contributed by atoms with Crippen LogP contribution in [0.1, 0.15) is 20.3 Å². The molecule has 132 valence electrons. The third-order valence-electron chi connectivity index (χ3n) is 3.37. The quantitative estimate of drug-likeness (QED) is 0.543. The van der Waals surface area contributed by atoms with Crippen molar-refractivity contribution in [1.82, 2.24) is 0 Å². The molecule has 0 amide bonds. The number of carbonyl (C=O) groups excluding carboxylic acids is 2. The summed E-state index contributed by atoms with van der Waals surface area (Å²) in [7, 11) is 1.40. The number of hydrogen-bond acceptors (Lipinski definition) is 7. The van der Waals surface area contributed by atoms with Crippen LogP contribution in [-0.2, 0) is 33.3 Å². The summed E-state index contributed by atoms with van der Waals surface area (Å²) in [6, 6.07) is 0. The van der Waals surface area contributed by atoms with Gasteiger partial charge in [-0.25, -0.2) is 0 Å². The molecular weight excluding hydrogens is 325 g/mol. The number of Topliss-reactive ketones (excluding diaryl/α,β-unsaturated/α-hetero) is 1. The number of ketones is 1. The van der Waals surface area contributed by atoms with Crippen molar-refractivity contribution >= 4 is 11.8 Å².